The van der Waals surface area contributed by atoms with Gasteiger partial charge in [-0.2, -0.15) is 0 Å². The monoisotopic (exact) mass is 266 g/mol. The number of halogens is 1. The van der Waals surface area contributed by atoms with E-state index in [4.69, 9.17) is 0 Å². The summed E-state index contributed by atoms with van der Waals surface area (Å²) in [6.45, 7) is 6.86. The van der Waals surface area contributed by atoms with Gasteiger partial charge < -0.3 is 28.9 Å². The van der Waals surface area contributed by atoms with E-state index in [2.05, 4.69) is 37.9 Å². The first-order valence-electron chi connectivity index (χ1n) is 3.64. The van der Waals surface area contributed by atoms with Crippen LogP contribution >= 0.6 is 0 Å². The second-order valence-electron chi connectivity index (χ2n) is 2.72. The number of nitrogens with zero attached hydrogens (tertiary/aromatic N) is 1. The van der Waals surface area contributed by atoms with Gasteiger partial charge in [-0.05, 0) is 0 Å². The Hall–Kier alpha value is -0.0300. The zero-order chi connectivity index (χ0) is 7.56. The SMILES string of the molecule is C=CCN1C=C[NH+](C)C1C.[I-]. The van der Waals surface area contributed by atoms with Crippen LogP contribution in [0.4, 0.5) is 0 Å². The van der Waals surface area contributed by atoms with Gasteiger partial charge >= 0.3 is 0 Å². The maximum Gasteiger partial charge on any atom is 0.164 e. The Morgan fingerprint density at radius 1 is 1.73 bits per heavy atom. The van der Waals surface area contributed by atoms with E-state index >= 15 is 0 Å². The van der Waals surface area contributed by atoms with Crippen molar-refractivity contribution in [1.82, 2.24) is 4.90 Å². The molecular formula is C8H15IN2. The van der Waals surface area contributed by atoms with Crippen LogP contribution in [0.25, 0.3) is 0 Å². The molecule has 1 rings (SSSR count). The molecule has 64 valence electrons. The standard InChI is InChI=1S/C8H14N2.HI/c1-4-5-10-7-6-9(3)8(10)2;/h4,6-8H,1,5H2,2-3H3;1H. The van der Waals surface area contributed by atoms with Crippen molar-refractivity contribution in [2.75, 3.05) is 13.6 Å². The van der Waals surface area contributed by atoms with Gasteiger partial charge in [0, 0.05) is 13.5 Å². The summed E-state index contributed by atoms with van der Waals surface area (Å²) in [6.07, 6.45) is 6.79. The summed E-state index contributed by atoms with van der Waals surface area (Å²) in [5.74, 6) is 0. The lowest BCUT2D eigenvalue weighted by molar-refractivity contribution is -0.854. The Labute approximate surface area is 85.6 Å². The molecule has 0 radical (unpaired) electrons. The molecule has 1 N–H and O–H groups in total. The largest absolute Gasteiger partial charge is 1.00 e. The summed E-state index contributed by atoms with van der Waals surface area (Å²) in [7, 11) is 2.16. The van der Waals surface area contributed by atoms with Gasteiger partial charge in [0.15, 0.2) is 6.17 Å². The van der Waals surface area contributed by atoms with Gasteiger partial charge in [0.2, 0.25) is 0 Å². The van der Waals surface area contributed by atoms with E-state index in [0.29, 0.717) is 6.17 Å². The summed E-state index contributed by atoms with van der Waals surface area (Å²) in [5, 5.41) is 0. The Morgan fingerprint density at radius 3 is 2.73 bits per heavy atom. The fourth-order valence-electron chi connectivity index (χ4n) is 1.11. The highest BCUT2D eigenvalue weighted by atomic mass is 127. The number of quaternary nitrogens is 1. The molecule has 0 saturated heterocycles. The normalized spacial score (nSPS) is 28.4. The fourth-order valence-corrected chi connectivity index (χ4v) is 1.11. The van der Waals surface area contributed by atoms with Gasteiger partial charge in [-0.1, -0.05) is 6.08 Å². The molecule has 0 fully saturated rings. The first-order valence-corrected chi connectivity index (χ1v) is 3.64. The molecule has 1 aliphatic rings. The lowest BCUT2D eigenvalue weighted by Crippen LogP contribution is -3.08. The third-order valence-electron chi connectivity index (χ3n) is 2.03. The van der Waals surface area contributed by atoms with E-state index in [1.807, 2.05) is 6.08 Å². The molecule has 0 saturated carbocycles. The van der Waals surface area contributed by atoms with Gasteiger partial charge in [-0.3, -0.25) is 4.90 Å². The third-order valence-corrected chi connectivity index (χ3v) is 2.03. The van der Waals surface area contributed by atoms with E-state index in [1.165, 1.54) is 4.90 Å². The van der Waals surface area contributed by atoms with Crippen LogP contribution < -0.4 is 28.9 Å². The van der Waals surface area contributed by atoms with Gasteiger partial charge in [-0.25, -0.2) is 0 Å². The van der Waals surface area contributed by atoms with Gasteiger partial charge in [0.05, 0.1) is 13.2 Å². The molecule has 2 nitrogen and oxygen atoms in total. The quantitative estimate of drug-likeness (QED) is 0.409. The van der Waals surface area contributed by atoms with Crippen LogP contribution in [-0.4, -0.2) is 24.7 Å². The predicted octanol–water partition coefficient (Wildman–Crippen LogP) is -3.18. The van der Waals surface area contributed by atoms with Crippen molar-refractivity contribution >= 4 is 0 Å². The average molecular weight is 266 g/mol. The Bertz CT molecular complexity index is 156. The molecule has 0 amide bonds. The van der Waals surface area contributed by atoms with E-state index < -0.39 is 0 Å². The van der Waals surface area contributed by atoms with Gasteiger partial charge in [-0.15, -0.1) is 6.58 Å². The zero-order valence-corrected chi connectivity index (χ0v) is 9.21. The van der Waals surface area contributed by atoms with Crippen molar-refractivity contribution in [3.8, 4) is 0 Å². The van der Waals surface area contributed by atoms with Crippen LogP contribution in [0.2, 0.25) is 0 Å². The van der Waals surface area contributed by atoms with E-state index in [0.717, 1.165) is 6.54 Å². The Morgan fingerprint density at radius 2 is 2.36 bits per heavy atom. The zero-order valence-electron chi connectivity index (χ0n) is 7.05. The third kappa shape index (κ3) is 2.48. The first-order chi connectivity index (χ1) is 4.75. The molecule has 2 atom stereocenters. The van der Waals surface area contributed by atoms with Crippen molar-refractivity contribution in [3.05, 3.63) is 25.1 Å². The van der Waals surface area contributed by atoms with Crippen molar-refractivity contribution in [3.63, 3.8) is 0 Å². The molecule has 1 heterocycles. The summed E-state index contributed by atoms with van der Waals surface area (Å²) in [6, 6.07) is 0. The summed E-state index contributed by atoms with van der Waals surface area (Å²) < 4.78 is 0. The van der Waals surface area contributed by atoms with Crippen molar-refractivity contribution < 1.29 is 28.9 Å². The second-order valence-corrected chi connectivity index (χ2v) is 2.72. The van der Waals surface area contributed by atoms with Crippen LogP contribution in [0.3, 0.4) is 0 Å². The predicted molar refractivity (Wildman–Crippen MR) is 42.4 cm³/mol. The molecule has 0 aromatic rings. The highest BCUT2D eigenvalue weighted by Gasteiger charge is 2.21. The minimum atomic E-state index is 0. The summed E-state index contributed by atoms with van der Waals surface area (Å²) >= 11 is 0. The molecule has 0 aliphatic carbocycles. The number of nitrogens with one attached hydrogen (secondary N) is 1. The van der Waals surface area contributed by atoms with E-state index in [9.17, 15) is 0 Å². The topological polar surface area (TPSA) is 7.68 Å². The van der Waals surface area contributed by atoms with Crippen LogP contribution in [0.1, 0.15) is 6.92 Å². The van der Waals surface area contributed by atoms with Crippen molar-refractivity contribution in [1.29, 1.82) is 0 Å². The molecular weight excluding hydrogens is 251 g/mol. The maximum absolute atomic E-state index is 3.70. The minimum absolute atomic E-state index is 0. The fraction of sp³-hybridized carbons (Fsp3) is 0.500. The highest BCUT2D eigenvalue weighted by Crippen LogP contribution is 1.97. The molecule has 2 unspecified atom stereocenters. The number of hydrogen-bond acceptors (Lipinski definition) is 1. The number of hydrogen-bond donors (Lipinski definition) is 1. The van der Waals surface area contributed by atoms with Crippen molar-refractivity contribution in [2.45, 2.75) is 13.1 Å². The molecule has 0 aromatic carbocycles. The molecule has 0 bridgehead atoms. The first kappa shape index (κ1) is 11.0. The Balaban J connectivity index is 0.000001000. The molecule has 1 aliphatic heterocycles. The van der Waals surface area contributed by atoms with E-state index in [1.54, 1.807) is 0 Å². The average Bonchev–Trinajstić information content (AvgIpc) is 2.20. The smallest absolute Gasteiger partial charge is 0.164 e. The lowest BCUT2D eigenvalue weighted by Gasteiger charge is -2.20. The summed E-state index contributed by atoms with van der Waals surface area (Å²) in [4.78, 5) is 3.70. The van der Waals surface area contributed by atoms with Crippen LogP contribution in [0.15, 0.2) is 25.1 Å². The lowest BCUT2D eigenvalue weighted by atomic mass is 10.4. The molecule has 11 heavy (non-hydrogen) atoms. The van der Waals surface area contributed by atoms with Crippen LogP contribution in [0, 0.1) is 0 Å². The molecule has 0 spiro atoms. The van der Waals surface area contributed by atoms with Crippen LogP contribution in [0.5, 0.6) is 0 Å². The second kappa shape index (κ2) is 4.77. The number of rotatable bonds is 2. The van der Waals surface area contributed by atoms with Gasteiger partial charge in [0.1, 0.15) is 6.20 Å². The minimum Gasteiger partial charge on any atom is -1.00 e. The summed E-state index contributed by atoms with van der Waals surface area (Å²) in [5.41, 5.74) is 0. The molecule has 0 aromatic heterocycles. The van der Waals surface area contributed by atoms with E-state index in [-0.39, 0.29) is 24.0 Å². The highest BCUT2D eigenvalue weighted by molar-refractivity contribution is 4.86. The van der Waals surface area contributed by atoms with Crippen LogP contribution in [-0.2, 0) is 0 Å². The Kier molecular flexibility index (Phi) is 4.76. The van der Waals surface area contributed by atoms with Gasteiger partial charge in [0.25, 0.3) is 0 Å². The molecule has 3 heteroatoms. The van der Waals surface area contributed by atoms with Crippen molar-refractivity contribution in [2.24, 2.45) is 0 Å². The maximum atomic E-state index is 3.70.